The quantitative estimate of drug-likeness (QED) is 0.388. The third-order valence-corrected chi connectivity index (χ3v) is 5.02. The molecule has 0 aliphatic heterocycles. The van der Waals surface area contributed by atoms with E-state index in [0.29, 0.717) is 11.2 Å². The number of nitrogens with zero attached hydrogens (tertiary/aromatic N) is 2. The molecule has 0 spiro atoms. The molecule has 2 aromatic heterocycles. The van der Waals surface area contributed by atoms with Gasteiger partial charge in [0.2, 0.25) is 5.91 Å². The summed E-state index contributed by atoms with van der Waals surface area (Å²) in [5.41, 5.74) is 4.17. The van der Waals surface area contributed by atoms with Crippen LogP contribution in [0.4, 0.5) is 8.78 Å². The Bertz CT molecular complexity index is 1240. The molecular weight excluding hydrogens is 400 g/mol. The minimum Gasteiger partial charge on any atom is -0.334 e. The number of fused-ring (bicyclic) bond motifs is 3. The van der Waals surface area contributed by atoms with Crippen molar-refractivity contribution in [2.24, 2.45) is 0 Å². The lowest BCUT2D eigenvalue weighted by Crippen LogP contribution is -2.23. The van der Waals surface area contributed by atoms with Crippen LogP contribution in [0.25, 0.3) is 21.8 Å². The number of hydrogen-bond donors (Lipinski definition) is 1. The van der Waals surface area contributed by atoms with E-state index in [-0.39, 0.29) is 29.5 Å². The Morgan fingerprint density at radius 2 is 1.97 bits per heavy atom. The number of aromatic nitrogens is 2. The number of para-hydroxylation sites is 1. The number of nitrogens with one attached hydrogen (secondary N) is 1. The van der Waals surface area contributed by atoms with Crippen LogP contribution in [0, 0.1) is 11.6 Å². The van der Waals surface area contributed by atoms with E-state index in [1.807, 2.05) is 24.3 Å². The van der Waals surface area contributed by atoms with Crippen molar-refractivity contribution in [2.45, 2.75) is 13.0 Å². The van der Waals surface area contributed by atoms with E-state index in [4.69, 9.17) is 11.6 Å². The molecule has 0 saturated heterocycles. The van der Waals surface area contributed by atoms with Gasteiger partial charge in [-0.2, -0.15) is 0 Å². The molecule has 4 rings (SSSR count). The normalized spacial score (nSPS) is 11.3. The van der Waals surface area contributed by atoms with Gasteiger partial charge in [0.05, 0.1) is 42.5 Å². The second-order valence-electron chi connectivity index (χ2n) is 6.52. The highest BCUT2D eigenvalue weighted by Crippen LogP contribution is 2.31. The molecule has 148 valence electrons. The average Bonchev–Trinajstić information content (AvgIpc) is 3.01. The van der Waals surface area contributed by atoms with Crippen molar-refractivity contribution in [1.29, 1.82) is 0 Å². The maximum Gasteiger partial charge on any atom is 0.249 e. The lowest BCUT2D eigenvalue weighted by Gasteiger charge is -2.10. The van der Waals surface area contributed by atoms with E-state index in [0.717, 1.165) is 22.4 Å². The average molecular weight is 416 g/mol. The predicted octanol–water partition coefficient (Wildman–Crippen LogP) is 4.39. The van der Waals surface area contributed by atoms with Crippen LogP contribution in [0.3, 0.4) is 0 Å². The van der Waals surface area contributed by atoms with Crippen molar-refractivity contribution in [3.8, 4) is 0 Å². The van der Waals surface area contributed by atoms with Gasteiger partial charge in [0.15, 0.2) is 0 Å². The first-order valence-electron chi connectivity index (χ1n) is 8.79. The first-order chi connectivity index (χ1) is 14.0. The monoisotopic (exact) mass is 415 g/mol. The van der Waals surface area contributed by atoms with E-state index < -0.39 is 11.6 Å². The maximum atomic E-state index is 14.5. The lowest BCUT2D eigenvalue weighted by molar-refractivity contribution is -0.130. The van der Waals surface area contributed by atoms with Gasteiger partial charge in [-0.25, -0.2) is 14.3 Å². The minimum atomic E-state index is -0.779. The third-order valence-electron chi connectivity index (χ3n) is 4.73. The summed E-state index contributed by atoms with van der Waals surface area (Å²) in [7, 11) is 1.36. The van der Waals surface area contributed by atoms with Crippen molar-refractivity contribution in [1.82, 2.24) is 15.0 Å². The number of hydrogen-bond acceptors (Lipinski definition) is 3. The fraction of sp³-hybridized carbons (Fsp3) is 0.143. The fourth-order valence-corrected chi connectivity index (χ4v) is 3.62. The zero-order valence-electron chi connectivity index (χ0n) is 15.4. The second-order valence-corrected chi connectivity index (χ2v) is 6.93. The van der Waals surface area contributed by atoms with Gasteiger partial charge >= 0.3 is 0 Å². The molecule has 0 aliphatic rings. The first kappa shape index (κ1) is 19.3. The van der Waals surface area contributed by atoms with E-state index in [9.17, 15) is 13.6 Å². The van der Waals surface area contributed by atoms with Gasteiger partial charge < -0.3 is 4.57 Å². The van der Waals surface area contributed by atoms with Gasteiger partial charge in [-0.3, -0.25) is 14.6 Å². The molecule has 0 bridgehead atoms. The Morgan fingerprint density at radius 3 is 2.76 bits per heavy atom. The van der Waals surface area contributed by atoms with Crippen LogP contribution in [0.1, 0.15) is 11.3 Å². The summed E-state index contributed by atoms with van der Waals surface area (Å²) in [4.78, 5) is 20.7. The van der Waals surface area contributed by atoms with E-state index in [1.54, 1.807) is 16.8 Å². The van der Waals surface area contributed by atoms with E-state index in [2.05, 4.69) is 15.3 Å². The smallest absolute Gasteiger partial charge is 0.249 e. The van der Waals surface area contributed by atoms with Crippen LogP contribution < -0.4 is 5.48 Å². The number of hydroxylamine groups is 1. The third kappa shape index (κ3) is 3.54. The molecule has 0 unspecified atom stereocenters. The molecule has 1 N–H and O–H groups in total. The van der Waals surface area contributed by atoms with Crippen LogP contribution >= 0.6 is 11.6 Å². The molecule has 29 heavy (non-hydrogen) atoms. The van der Waals surface area contributed by atoms with Crippen molar-refractivity contribution >= 4 is 39.3 Å². The standard InChI is InChI=1S/C21H16ClF2N3O2/c1-29-26-20(28)9-12-8-14-13-4-2-3-5-18(13)27(19(14)10-25-12)11-15-17(23)7-6-16(22)21(15)24/h2-8,10H,9,11H2,1H3,(H,26,28). The Kier molecular flexibility index (Phi) is 5.17. The maximum absolute atomic E-state index is 14.5. The molecular formula is C21H16ClF2N3O2. The fourth-order valence-electron chi connectivity index (χ4n) is 3.44. The Balaban J connectivity index is 1.86. The van der Waals surface area contributed by atoms with Gasteiger partial charge in [-0.15, -0.1) is 0 Å². The van der Waals surface area contributed by atoms with E-state index >= 15 is 0 Å². The summed E-state index contributed by atoms with van der Waals surface area (Å²) >= 11 is 5.85. The Hall–Kier alpha value is -3.03. The highest BCUT2D eigenvalue weighted by Gasteiger charge is 2.18. The molecule has 2 aromatic carbocycles. The second kappa shape index (κ2) is 7.77. The molecule has 0 fully saturated rings. The van der Waals surface area contributed by atoms with Crippen molar-refractivity contribution < 1.29 is 18.4 Å². The lowest BCUT2D eigenvalue weighted by atomic mass is 10.1. The number of halogens is 3. The van der Waals surface area contributed by atoms with Crippen LogP contribution in [-0.2, 0) is 22.6 Å². The summed E-state index contributed by atoms with van der Waals surface area (Å²) in [6, 6.07) is 11.7. The van der Waals surface area contributed by atoms with Crippen molar-refractivity contribution in [3.63, 3.8) is 0 Å². The zero-order valence-corrected chi connectivity index (χ0v) is 16.1. The molecule has 0 atom stereocenters. The number of amides is 1. The van der Waals surface area contributed by atoms with Crippen LogP contribution in [-0.4, -0.2) is 22.6 Å². The molecule has 8 heteroatoms. The van der Waals surface area contributed by atoms with Gasteiger partial charge in [0.25, 0.3) is 0 Å². The highest BCUT2D eigenvalue weighted by atomic mass is 35.5. The number of rotatable bonds is 5. The predicted molar refractivity (Wildman–Crippen MR) is 107 cm³/mol. The Morgan fingerprint density at radius 1 is 1.17 bits per heavy atom. The minimum absolute atomic E-state index is 0.0425. The van der Waals surface area contributed by atoms with Crippen LogP contribution in [0.2, 0.25) is 5.02 Å². The topological polar surface area (TPSA) is 56.1 Å². The molecule has 5 nitrogen and oxygen atoms in total. The molecule has 0 saturated carbocycles. The Labute approximate surface area is 169 Å². The SMILES string of the molecule is CONC(=O)Cc1cc2c3ccccc3n(Cc3c(F)ccc(Cl)c3F)c2cn1. The summed E-state index contributed by atoms with van der Waals surface area (Å²) in [5.74, 6) is -1.77. The number of benzene rings is 2. The number of pyridine rings is 1. The first-order valence-corrected chi connectivity index (χ1v) is 9.17. The summed E-state index contributed by atoms with van der Waals surface area (Å²) in [6.07, 6.45) is 1.64. The number of carbonyl (C=O) groups excluding carboxylic acids is 1. The van der Waals surface area contributed by atoms with Gasteiger partial charge in [-0.05, 0) is 24.3 Å². The summed E-state index contributed by atoms with van der Waals surface area (Å²) in [6.45, 7) is -0.0482. The number of carbonyl (C=O) groups is 1. The van der Waals surface area contributed by atoms with Crippen molar-refractivity contribution in [2.75, 3.05) is 7.11 Å². The van der Waals surface area contributed by atoms with Crippen molar-refractivity contribution in [3.05, 3.63) is 76.6 Å². The molecule has 2 heterocycles. The van der Waals surface area contributed by atoms with Gasteiger partial charge in [-0.1, -0.05) is 29.8 Å². The van der Waals surface area contributed by atoms with Crippen LogP contribution in [0.15, 0.2) is 48.7 Å². The largest absolute Gasteiger partial charge is 0.334 e. The molecule has 0 radical (unpaired) electrons. The van der Waals surface area contributed by atoms with Crippen LogP contribution in [0.5, 0.6) is 0 Å². The van der Waals surface area contributed by atoms with Gasteiger partial charge in [0, 0.05) is 21.9 Å². The molecule has 1 amide bonds. The zero-order chi connectivity index (χ0) is 20.5. The van der Waals surface area contributed by atoms with Gasteiger partial charge in [0.1, 0.15) is 11.6 Å². The summed E-state index contributed by atoms with van der Waals surface area (Å²) < 4.78 is 30.6. The highest BCUT2D eigenvalue weighted by molar-refractivity contribution is 6.30. The summed E-state index contributed by atoms with van der Waals surface area (Å²) in [5, 5.41) is 1.59. The molecule has 4 aromatic rings. The molecule has 0 aliphatic carbocycles. The van der Waals surface area contributed by atoms with E-state index in [1.165, 1.54) is 13.2 Å².